The summed E-state index contributed by atoms with van der Waals surface area (Å²) in [5, 5.41) is 4.69. The monoisotopic (exact) mass is 390 g/mol. The van der Waals surface area contributed by atoms with Gasteiger partial charge in [0.15, 0.2) is 0 Å². The Morgan fingerprint density at radius 3 is 2.38 bits per heavy atom. The first-order chi connectivity index (χ1) is 14.1. The van der Waals surface area contributed by atoms with Gasteiger partial charge in [0.2, 0.25) is 5.91 Å². The molecule has 0 saturated carbocycles. The summed E-state index contributed by atoms with van der Waals surface area (Å²) in [4.78, 5) is 16.7. The molecule has 1 fully saturated rings. The maximum atomic E-state index is 13.4. The molecule has 6 heteroatoms. The first-order valence-electron chi connectivity index (χ1n) is 9.67. The fourth-order valence-electron chi connectivity index (χ4n) is 3.35. The van der Waals surface area contributed by atoms with Crippen molar-refractivity contribution in [3.05, 3.63) is 78.3 Å². The summed E-state index contributed by atoms with van der Waals surface area (Å²) in [6, 6.07) is 16.0. The molecule has 29 heavy (non-hydrogen) atoms. The number of rotatable bonds is 4. The van der Waals surface area contributed by atoms with E-state index in [1.165, 1.54) is 12.1 Å². The van der Waals surface area contributed by atoms with Gasteiger partial charge in [0, 0.05) is 49.6 Å². The Balaban J connectivity index is 1.64. The lowest BCUT2D eigenvalue weighted by molar-refractivity contribution is -0.127. The molecule has 0 N–H and O–H groups in total. The fraction of sp³-hybridized carbons (Fsp3) is 0.217. The van der Waals surface area contributed by atoms with Crippen molar-refractivity contribution >= 4 is 12.0 Å². The summed E-state index contributed by atoms with van der Waals surface area (Å²) >= 11 is 0. The zero-order valence-electron chi connectivity index (χ0n) is 16.3. The van der Waals surface area contributed by atoms with Crippen molar-refractivity contribution < 1.29 is 9.18 Å². The normalized spacial score (nSPS) is 15.2. The average Bonchev–Trinajstić information content (AvgIpc) is 3.18. The van der Waals surface area contributed by atoms with Crippen molar-refractivity contribution in [2.75, 3.05) is 33.2 Å². The molecule has 0 unspecified atom stereocenters. The van der Waals surface area contributed by atoms with Crippen LogP contribution in [0.5, 0.6) is 0 Å². The van der Waals surface area contributed by atoms with E-state index >= 15 is 0 Å². The Labute approximate surface area is 169 Å². The molecule has 148 valence electrons. The van der Waals surface area contributed by atoms with Gasteiger partial charge in [-0.2, -0.15) is 5.10 Å². The van der Waals surface area contributed by atoms with Crippen LogP contribution in [-0.4, -0.2) is 58.7 Å². The van der Waals surface area contributed by atoms with Gasteiger partial charge in [0.25, 0.3) is 0 Å². The molecular weight excluding hydrogens is 367 g/mol. The van der Waals surface area contributed by atoms with Crippen LogP contribution in [0.1, 0.15) is 5.56 Å². The Hall–Kier alpha value is -3.25. The second-order valence-corrected chi connectivity index (χ2v) is 7.18. The predicted molar refractivity (Wildman–Crippen MR) is 112 cm³/mol. The van der Waals surface area contributed by atoms with Gasteiger partial charge in [-0.3, -0.25) is 4.79 Å². The second-order valence-electron chi connectivity index (χ2n) is 7.18. The van der Waals surface area contributed by atoms with Crippen molar-refractivity contribution in [3.8, 4) is 16.9 Å². The van der Waals surface area contributed by atoms with Crippen LogP contribution >= 0.6 is 0 Å². The highest BCUT2D eigenvalue weighted by Crippen LogP contribution is 2.25. The summed E-state index contributed by atoms with van der Waals surface area (Å²) < 4.78 is 15.1. The molecule has 0 spiro atoms. The smallest absolute Gasteiger partial charge is 0.246 e. The molecule has 2 aromatic carbocycles. The molecule has 1 aliphatic rings. The minimum absolute atomic E-state index is 0.00406. The molecule has 1 aliphatic heterocycles. The highest BCUT2D eigenvalue weighted by molar-refractivity contribution is 5.93. The fourth-order valence-corrected chi connectivity index (χ4v) is 3.35. The topological polar surface area (TPSA) is 41.4 Å². The van der Waals surface area contributed by atoms with Gasteiger partial charge in [0.1, 0.15) is 5.82 Å². The third-order valence-electron chi connectivity index (χ3n) is 5.10. The minimum atomic E-state index is -0.293. The van der Waals surface area contributed by atoms with Crippen molar-refractivity contribution in [1.82, 2.24) is 19.6 Å². The van der Waals surface area contributed by atoms with Crippen LogP contribution in [0.25, 0.3) is 23.0 Å². The van der Waals surface area contributed by atoms with E-state index in [1.54, 1.807) is 29.0 Å². The zero-order chi connectivity index (χ0) is 20.2. The second kappa shape index (κ2) is 8.41. The van der Waals surface area contributed by atoms with Crippen molar-refractivity contribution in [3.63, 3.8) is 0 Å². The molecule has 1 saturated heterocycles. The summed E-state index contributed by atoms with van der Waals surface area (Å²) in [6.45, 7) is 3.22. The number of para-hydroxylation sites is 1. The molecule has 0 aliphatic carbocycles. The van der Waals surface area contributed by atoms with E-state index < -0.39 is 0 Å². The van der Waals surface area contributed by atoms with Crippen LogP contribution in [0.2, 0.25) is 0 Å². The van der Waals surface area contributed by atoms with Crippen molar-refractivity contribution in [1.29, 1.82) is 0 Å². The lowest BCUT2D eigenvalue weighted by Gasteiger charge is -2.31. The van der Waals surface area contributed by atoms with Gasteiger partial charge in [-0.1, -0.05) is 18.2 Å². The maximum Gasteiger partial charge on any atom is 0.246 e. The molecule has 5 nitrogen and oxygen atoms in total. The van der Waals surface area contributed by atoms with Crippen LogP contribution < -0.4 is 0 Å². The Bertz CT molecular complexity index is 1000. The number of hydrogen-bond donors (Lipinski definition) is 0. The molecule has 0 atom stereocenters. The standard InChI is InChI=1S/C23H23FN4O/c1-26-13-15-27(16-14-26)22(29)12-9-19-17-28(21-5-3-2-4-6-21)25-23(19)18-7-10-20(24)11-8-18/h2-12,17H,13-16H2,1H3/b12-9+. The summed E-state index contributed by atoms with van der Waals surface area (Å²) in [5.41, 5.74) is 3.23. The van der Waals surface area contributed by atoms with Crippen LogP contribution in [0.15, 0.2) is 66.9 Å². The molecule has 2 heterocycles. The number of piperazine rings is 1. The highest BCUT2D eigenvalue weighted by atomic mass is 19.1. The van der Waals surface area contributed by atoms with Crippen LogP contribution in [0, 0.1) is 5.82 Å². The minimum Gasteiger partial charge on any atom is -0.337 e. The van der Waals surface area contributed by atoms with E-state index in [2.05, 4.69) is 11.9 Å². The number of hydrogen-bond acceptors (Lipinski definition) is 3. The van der Waals surface area contributed by atoms with Crippen LogP contribution in [-0.2, 0) is 4.79 Å². The van der Waals surface area contributed by atoms with Gasteiger partial charge < -0.3 is 9.80 Å². The van der Waals surface area contributed by atoms with Gasteiger partial charge in [-0.05, 0) is 49.5 Å². The predicted octanol–water partition coefficient (Wildman–Crippen LogP) is 3.47. The van der Waals surface area contributed by atoms with E-state index in [0.717, 1.165) is 43.0 Å². The summed E-state index contributed by atoms with van der Waals surface area (Å²) in [5.74, 6) is -0.297. The summed E-state index contributed by atoms with van der Waals surface area (Å²) in [7, 11) is 2.06. The first-order valence-corrected chi connectivity index (χ1v) is 9.67. The lowest BCUT2D eigenvalue weighted by Crippen LogP contribution is -2.46. The van der Waals surface area contributed by atoms with Crippen molar-refractivity contribution in [2.24, 2.45) is 0 Å². The number of halogens is 1. The highest BCUT2D eigenvalue weighted by Gasteiger charge is 2.17. The first kappa shape index (κ1) is 19.1. The number of carbonyl (C=O) groups excluding carboxylic acids is 1. The largest absolute Gasteiger partial charge is 0.337 e. The number of nitrogens with zero attached hydrogens (tertiary/aromatic N) is 4. The van der Waals surface area contributed by atoms with Crippen LogP contribution in [0.4, 0.5) is 4.39 Å². The SMILES string of the molecule is CN1CCN(C(=O)/C=C/c2cn(-c3ccccc3)nc2-c2ccc(F)cc2)CC1. The number of benzene rings is 2. The molecule has 0 bridgehead atoms. The number of likely N-dealkylation sites (N-methyl/N-ethyl adjacent to an activating group) is 1. The lowest BCUT2D eigenvalue weighted by atomic mass is 10.1. The zero-order valence-corrected chi connectivity index (χ0v) is 16.3. The van der Waals surface area contributed by atoms with E-state index in [-0.39, 0.29) is 11.7 Å². The van der Waals surface area contributed by atoms with Crippen LogP contribution in [0.3, 0.4) is 0 Å². The third kappa shape index (κ3) is 4.43. The Kier molecular flexibility index (Phi) is 5.53. The van der Waals surface area contributed by atoms with Gasteiger partial charge in [0.05, 0.1) is 11.4 Å². The van der Waals surface area contributed by atoms with Crippen molar-refractivity contribution in [2.45, 2.75) is 0 Å². The Morgan fingerprint density at radius 2 is 1.69 bits per heavy atom. The molecule has 3 aromatic rings. The van der Waals surface area contributed by atoms with E-state index in [0.29, 0.717) is 5.69 Å². The molecule has 4 rings (SSSR count). The average molecular weight is 390 g/mol. The van der Waals surface area contributed by atoms with E-state index in [9.17, 15) is 9.18 Å². The van der Waals surface area contributed by atoms with Gasteiger partial charge in [-0.25, -0.2) is 9.07 Å². The number of carbonyl (C=O) groups is 1. The van der Waals surface area contributed by atoms with Gasteiger partial charge in [-0.15, -0.1) is 0 Å². The molecule has 1 amide bonds. The van der Waals surface area contributed by atoms with E-state index in [1.807, 2.05) is 41.4 Å². The number of aromatic nitrogens is 2. The van der Waals surface area contributed by atoms with E-state index in [4.69, 9.17) is 5.10 Å². The quantitative estimate of drug-likeness (QED) is 0.641. The third-order valence-corrected chi connectivity index (χ3v) is 5.10. The number of amides is 1. The van der Waals surface area contributed by atoms with Gasteiger partial charge >= 0.3 is 0 Å². The molecule has 0 radical (unpaired) electrons. The molecule has 1 aromatic heterocycles. The maximum absolute atomic E-state index is 13.4. The Morgan fingerprint density at radius 1 is 1.00 bits per heavy atom. The molecular formula is C23H23FN4O. The summed E-state index contributed by atoms with van der Waals surface area (Å²) in [6.07, 6.45) is 5.29.